The highest BCUT2D eigenvalue weighted by Crippen LogP contribution is 2.39. The summed E-state index contributed by atoms with van der Waals surface area (Å²) in [6, 6.07) is 3.29. The van der Waals surface area contributed by atoms with Crippen molar-refractivity contribution in [2.75, 3.05) is 62.6 Å². The van der Waals surface area contributed by atoms with E-state index in [-0.39, 0.29) is 18.1 Å². The van der Waals surface area contributed by atoms with Crippen molar-refractivity contribution in [3.05, 3.63) is 23.3 Å². The van der Waals surface area contributed by atoms with E-state index in [2.05, 4.69) is 15.1 Å². The minimum absolute atomic E-state index is 0.0631. The predicted octanol–water partition coefficient (Wildman–Crippen LogP) is 5.45. The molecule has 0 bridgehead atoms. The van der Waals surface area contributed by atoms with Gasteiger partial charge >= 0.3 is 6.09 Å². The molecule has 34 heavy (non-hydrogen) atoms. The van der Waals surface area contributed by atoms with E-state index in [4.69, 9.17) is 4.74 Å². The topological polar surface area (TPSA) is 48.0 Å². The molecule has 6 nitrogen and oxygen atoms in total. The van der Waals surface area contributed by atoms with Gasteiger partial charge in [-0.3, -0.25) is 0 Å². The largest absolute Gasteiger partial charge is 0.444 e. The van der Waals surface area contributed by atoms with E-state index in [9.17, 15) is 13.6 Å². The van der Waals surface area contributed by atoms with Crippen molar-refractivity contribution >= 4 is 17.5 Å². The number of benzene rings is 1. The molecular weight excluding hydrogens is 438 g/mol. The van der Waals surface area contributed by atoms with Crippen molar-refractivity contribution < 1.29 is 18.3 Å². The van der Waals surface area contributed by atoms with Gasteiger partial charge in [0.2, 0.25) is 0 Å². The molecule has 1 aromatic carbocycles. The third-order valence-corrected chi connectivity index (χ3v) is 6.58. The number of hydrogen-bond acceptors (Lipinski definition) is 5. The maximum Gasteiger partial charge on any atom is 0.410 e. The van der Waals surface area contributed by atoms with Crippen LogP contribution in [0, 0.1) is 6.92 Å². The van der Waals surface area contributed by atoms with E-state index in [0.717, 1.165) is 43.1 Å². The van der Waals surface area contributed by atoms with Crippen LogP contribution in [0.2, 0.25) is 0 Å². The van der Waals surface area contributed by atoms with Gasteiger partial charge in [0.1, 0.15) is 5.60 Å². The van der Waals surface area contributed by atoms with Gasteiger partial charge in [0.25, 0.3) is 5.92 Å². The molecule has 1 amide bonds. The van der Waals surface area contributed by atoms with Crippen molar-refractivity contribution in [3.8, 4) is 0 Å². The maximum atomic E-state index is 15.0. The Morgan fingerprint density at radius 1 is 1.06 bits per heavy atom. The lowest BCUT2D eigenvalue weighted by Gasteiger charge is -2.38. The normalized spacial score (nSPS) is 17.9. The number of ether oxygens (including phenoxy) is 1. The molecule has 0 radical (unpaired) electrons. The number of anilines is 2. The van der Waals surface area contributed by atoms with Gasteiger partial charge in [-0.15, -0.1) is 0 Å². The summed E-state index contributed by atoms with van der Waals surface area (Å²) < 4.78 is 35.5. The smallest absolute Gasteiger partial charge is 0.410 e. The van der Waals surface area contributed by atoms with E-state index in [0.29, 0.717) is 32.6 Å². The Labute approximate surface area is 203 Å². The van der Waals surface area contributed by atoms with E-state index in [1.165, 1.54) is 12.8 Å². The van der Waals surface area contributed by atoms with Crippen molar-refractivity contribution in [1.82, 2.24) is 9.80 Å². The number of alkyl halides is 2. The molecule has 0 aromatic heterocycles. The molecule has 1 aromatic rings. The van der Waals surface area contributed by atoms with Gasteiger partial charge in [-0.2, -0.15) is 0 Å². The summed E-state index contributed by atoms with van der Waals surface area (Å²) in [7, 11) is 0. The summed E-state index contributed by atoms with van der Waals surface area (Å²) in [5.41, 5.74) is 2.09. The standard InChI is InChI=1S/C26H42F2N4O2/c1-6-9-26(27,28)21-18-22(29-10-13-30-11-7-8-12-30)20(2)23(19-21)31-14-16-32(17-15-31)24(33)34-25(3,4)5/h18-19,29H,6-17H2,1-5H3. The Hall–Kier alpha value is -2.09. The fourth-order valence-electron chi connectivity index (χ4n) is 4.69. The average molecular weight is 481 g/mol. The first-order valence-electron chi connectivity index (χ1n) is 12.7. The molecular formula is C26H42F2N4O2. The first-order chi connectivity index (χ1) is 16.0. The molecule has 8 heteroatoms. The van der Waals surface area contributed by atoms with Crippen LogP contribution in [0.25, 0.3) is 0 Å². The van der Waals surface area contributed by atoms with E-state index in [1.54, 1.807) is 24.0 Å². The van der Waals surface area contributed by atoms with Crippen LogP contribution in [0.3, 0.4) is 0 Å². The lowest BCUT2D eigenvalue weighted by Crippen LogP contribution is -2.50. The third-order valence-electron chi connectivity index (χ3n) is 6.58. The number of carbonyl (C=O) groups excluding carboxylic acids is 1. The second-order valence-electron chi connectivity index (χ2n) is 10.6. The highest BCUT2D eigenvalue weighted by Gasteiger charge is 2.33. The van der Waals surface area contributed by atoms with Gasteiger partial charge in [0.05, 0.1) is 0 Å². The number of hydrogen-bond donors (Lipinski definition) is 1. The Bertz CT molecular complexity index is 827. The first-order valence-corrected chi connectivity index (χ1v) is 12.7. The minimum Gasteiger partial charge on any atom is -0.444 e. The second-order valence-corrected chi connectivity index (χ2v) is 10.6. The Morgan fingerprint density at radius 2 is 1.71 bits per heavy atom. The Balaban J connectivity index is 1.76. The quantitative estimate of drug-likeness (QED) is 0.536. The molecule has 2 fully saturated rings. The number of nitrogens with one attached hydrogen (secondary N) is 1. The zero-order chi connectivity index (χ0) is 24.9. The van der Waals surface area contributed by atoms with Crippen molar-refractivity contribution in [2.45, 2.75) is 71.8 Å². The molecule has 2 saturated heterocycles. The minimum atomic E-state index is -2.87. The first kappa shape index (κ1) is 26.5. The van der Waals surface area contributed by atoms with Gasteiger partial charge in [0, 0.05) is 62.6 Å². The average Bonchev–Trinajstić information content (AvgIpc) is 3.27. The van der Waals surface area contributed by atoms with Gasteiger partial charge in [-0.25, -0.2) is 13.6 Å². The molecule has 0 aliphatic carbocycles. The maximum absolute atomic E-state index is 15.0. The summed E-state index contributed by atoms with van der Waals surface area (Å²) in [5.74, 6) is -2.87. The van der Waals surface area contributed by atoms with Gasteiger partial charge in [0.15, 0.2) is 0 Å². The molecule has 2 aliphatic heterocycles. The molecule has 0 saturated carbocycles. The Kier molecular flexibility index (Phi) is 8.66. The zero-order valence-corrected chi connectivity index (χ0v) is 21.6. The monoisotopic (exact) mass is 480 g/mol. The molecule has 2 aliphatic rings. The highest BCUT2D eigenvalue weighted by atomic mass is 19.3. The molecule has 0 atom stereocenters. The van der Waals surface area contributed by atoms with Crippen LogP contribution in [0.1, 0.15) is 64.5 Å². The van der Waals surface area contributed by atoms with E-state index in [1.807, 2.05) is 27.7 Å². The van der Waals surface area contributed by atoms with Crippen LogP contribution in [0.15, 0.2) is 12.1 Å². The number of likely N-dealkylation sites (tertiary alicyclic amines) is 1. The van der Waals surface area contributed by atoms with Crippen LogP contribution in [-0.2, 0) is 10.7 Å². The summed E-state index contributed by atoms with van der Waals surface area (Å²) in [5, 5.41) is 3.44. The summed E-state index contributed by atoms with van der Waals surface area (Å²) in [6.07, 6.45) is 2.39. The number of nitrogens with zero attached hydrogens (tertiary/aromatic N) is 3. The van der Waals surface area contributed by atoms with Crippen molar-refractivity contribution in [2.24, 2.45) is 0 Å². The van der Waals surface area contributed by atoms with Crippen molar-refractivity contribution in [3.63, 3.8) is 0 Å². The van der Waals surface area contributed by atoms with Crippen LogP contribution in [0.4, 0.5) is 25.0 Å². The summed E-state index contributed by atoms with van der Waals surface area (Å²) >= 11 is 0. The fraction of sp³-hybridized carbons (Fsp3) is 0.731. The molecule has 1 N–H and O–H groups in total. The fourth-order valence-corrected chi connectivity index (χ4v) is 4.69. The molecule has 3 rings (SSSR count). The number of carbonyl (C=O) groups is 1. The third kappa shape index (κ3) is 6.96. The zero-order valence-electron chi connectivity index (χ0n) is 21.6. The Morgan fingerprint density at radius 3 is 2.29 bits per heavy atom. The second kappa shape index (κ2) is 11.1. The SMILES string of the molecule is CCCC(F)(F)c1cc(NCCN2CCCC2)c(C)c(N2CCN(C(=O)OC(C)(C)C)CC2)c1. The van der Waals surface area contributed by atoms with Crippen LogP contribution >= 0.6 is 0 Å². The summed E-state index contributed by atoms with van der Waals surface area (Å²) in [6.45, 7) is 15.4. The number of halogens is 2. The highest BCUT2D eigenvalue weighted by molar-refractivity contribution is 5.71. The summed E-state index contributed by atoms with van der Waals surface area (Å²) in [4.78, 5) is 18.7. The van der Waals surface area contributed by atoms with E-state index >= 15 is 0 Å². The van der Waals surface area contributed by atoms with Crippen LogP contribution in [0.5, 0.6) is 0 Å². The molecule has 192 valence electrons. The van der Waals surface area contributed by atoms with Crippen LogP contribution < -0.4 is 10.2 Å². The van der Waals surface area contributed by atoms with Crippen molar-refractivity contribution in [1.29, 1.82) is 0 Å². The lowest BCUT2D eigenvalue weighted by atomic mass is 9.98. The number of piperazine rings is 1. The number of amides is 1. The van der Waals surface area contributed by atoms with E-state index < -0.39 is 11.5 Å². The lowest BCUT2D eigenvalue weighted by molar-refractivity contribution is -0.0139. The van der Waals surface area contributed by atoms with Gasteiger partial charge < -0.3 is 24.8 Å². The van der Waals surface area contributed by atoms with Crippen LogP contribution in [-0.4, -0.2) is 73.9 Å². The van der Waals surface area contributed by atoms with Gasteiger partial charge in [-0.05, 0) is 71.3 Å². The predicted molar refractivity (Wildman–Crippen MR) is 134 cm³/mol. The molecule has 0 spiro atoms. The molecule has 2 heterocycles. The molecule has 0 unspecified atom stereocenters. The number of rotatable bonds is 8. The van der Waals surface area contributed by atoms with Gasteiger partial charge in [-0.1, -0.05) is 13.3 Å².